The average Bonchev–Trinajstić information content (AvgIpc) is 2.53. The molecule has 23 heavy (non-hydrogen) atoms. The average molecular weight is 350 g/mol. The number of nitrogens with zero attached hydrogens (tertiary/aromatic N) is 1. The summed E-state index contributed by atoms with van der Waals surface area (Å²) in [7, 11) is -3.48. The van der Waals surface area contributed by atoms with Gasteiger partial charge in [0, 0.05) is 24.1 Å². The molecule has 0 aliphatic carbocycles. The zero-order valence-corrected chi connectivity index (χ0v) is 14.2. The predicted molar refractivity (Wildman–Crippen MR) is 91.0 cm³/mol. The maximum Gasteiger partial charge on any atom is 0.258 e. The van der Waals surface area contributed by atoms with Gasteiger partial charge in [-0.05, 0) is 42.7 Å². The maximum atomic E-state index is 12.8. The van der Waals surface area contributed by atoms with E-state index in [4.69, 9.17) is 11.6 Å². The molecule has 0 aromatic heterocycles. The van der Waals surface area contributed by atoms with Crippen LogP contribution >= 0.6 is 11.6 Å². The Labute approximate surface area is 140 Å². The highest BCUT2D eigenvalue weighted by Gasteiger charge is 2.24. The monoisotopic (exact) mass is 349 g/mol. The number of amides is 1. The third-order valence-electron chi connectivity index (χ3n) is 3.93. The van der Waals surface area contributed by atoms with Gasteiger partial charge in [0.25, 0.3) is 5.91 Å². The first-order chi connectivity index (χ1) is 10.9. The van der Waals surface area contributed by atoms with E-state index in [1.54, 1.807) is 11.0 Å². The zero-order valence-electron chi connectivity index (χ0n) is 12.6. The number of rotatable bonds is 2. The lowest BCUT2D eigenvalue weighted by atomic mass is 10.0. The van der Waals surface area contributed by atoms with Crippen LogP contribution in [0, 0.1) is 0 Å². The van der Waals surface area contributed by atoms with E-state index in [1.807, 2.05) is 24.3 Å². The molecule has 0 radical (unpaired) electrons. The summed E-state index contributed by atoms with van der Waals surface area (Å²) in [5.41, 5.74) is 2.34. The molecule has 120 valence electrons. The fraction of sp³-hybridized carbons (Fsp3) is 0.235. The number of sulfone groups is 1. The predicted octanol–water partition coefficient (Wildman–Crippen LogP) is 3.34. The molecule has 0 spiro atoms. The van der Waals surface area contributed by atoms with Crippen LogP contribution in [0.3, 0.4) is 0 Å². The number of fused-ring (bicyclic) bond motifs is 1. The van der Waals surface area contributed by atoms with E-state index < -0.39 is 9.84 Å². The molecule has 1 aliphatic rings. The summed E-state index contributed by atoms with van der Waals surface area (Å²) >= 11 is 5.95. The van der Waals surface area contributed by atoms with E-state index in [0.29, 0.717) is 12.1 Å². The van der Waals surface area contributed by atoms with Gasteiger partial charge in [0.05, 0.1) is 9.92 Å². The molecule has 0 N–H and O–H groups in total. The summed E-state index contributed by atoms with van der Waals surface area (Å²) in [6.07, 6.45) is 2.91. The first-order valence-corrected chi connectivity index (χ1v) is 9.54. The molecule has 0 bridgehead atoms. The smallest absolute Gasteiger partial charge is 0.258 e. The van der Waals surface area contributed by atoms with Crippen LogP contribution in [-0.4, -0.2) is 27.1 Å². The Hall–Kier alpha value is -1.85. The van der Waals surface area contributed by atoms with Gasteiger partial charge in [-0.2, -0.15) is 0 Å². The van der Waals surface area contributed by atoms with Crippen molar-refractivity contribution in [1.29, 1.82) is 0 Å². The van der Waals surface area contributed by atoms with Crippen molar-refractivity contribution < 1.29 is 13.2 Å². The fourth-order valence-electron chi connectivity index (χ4n) is 2.82. The van der Waals surface area contributed by atoms with E-state index in [1.165, 1.54) is 12.1 Å². The molecule has 2 aromatic rings. The van der Waals surface area contributed by atoms with Crippen LogP contribution in [-0.2, 0) is 16.3 Å². The summed E-state index contributed by atoms with van der Waals surface area (Å²) in [6, 6.07) is 12.2. The molecule has 1 aliphatic heterocycles. The molecule has 4 nitrogen and oxygen atoms in total. The van der Waals surface area contributed by atoms with Crippen molar-refractivity contribution in [2.75, 3.05) is 17.7 Å². The lowest BCUT2D eigenvalue weighted by molar-refractivity contribution is 0.0985. The van der Waals surface area contributed by atoms with Gasteiger partial charge in [0.15, 0.2) is 9.84 Å². The normalized spacial score (nSPS) is 14.4. The van der Waals surface area contributed by atoms with Crippen molar-refractivity contribution in [3.63, 3.8) is 0 Å². The minimum Gasteiger partial charge on any atom is -0.308 e. The molecule has 6 heteroatoms. The lowest BCUT2D eigenvalue weighted by Gasteiger charge is -2.29. The van der Waals surface area contributed by atoms with Gasteiger partial charge in [0.2, 0.25) is 0 Å². The van der Waals surface area contributed by atoms with Gasteiger partial charge >= 0.3 is 0 Å². The van der Waals surface area contributed by atoms with E-state index in [9.17, 15) is 13.2 Å². The van der Waals surface area contributed by atoms with Crippen molar-refractivity contribution in [2.24, 2.45) is 0 Å². The van der Waals surface area contributed by atoms with Crippen molar-refractivity contribution in [3.8, 4) is 0 Å². The second-order valence-corrected chi connectivity index (χ2v) is 8.00. The van der Waals surface area contributed by atoms with Gasteiger partial charge in [-0.1, -0.05) is 29.8 Å². The summed E-state index contributed by atoms with van der Waals surface area (Å²) in [4.78, 5) is 14.5. The minimum absolute atomic E-state index is 0.0182. The minimum atomic E-state index is -3.48. The highest BCUT2D eigenvalue weighted by Crippen LogP contribution is 2.29. The van der Waals surface area contributed by atoms with Gasteiger partial charge in [-0.3, -0.25) is 4.79 Å². The van der Waals surface area contributed by atoms with E-state index >= 15 is 0 Å². The maximum absolute atomic E-state index is 12.8. The van der Waals surface area contributed by atoms with Gasteiger partial charge in [-0.25, -0.2) is 8.42 Å². The summed E-state index contributed by atoms with van der Waals surface area (Å²) in [5, 5.41) is 0.128. The first-order valence-electron chi connectivity index (χ1n) is 7.27. The van der Waals surface area contributed by atoms with E-state index in [2.05, 4.69) is 0 Å². The highest BCUT2D eigenvalue weighted by atomic mass is 35.5. The van der Waals surface area contributed by atoms with Crippen molar-refractivity contribution in [1.82, 2.24) is 0 Å². The van der Waals surface area contributed by atoms with Crippen molar-refractivity contribution in [2.45, 2.75) is 17.7 Å². The summed E-state index contributed by atoms with van der Waals surface area (Å²) in [5.74, 6) is -0.210. The number of para-hydroxylation sites is 1. The third-order valence-corrected chi connectivity index (χ3v) is 5.51. The molecular formula is C17H16ClNO3S. The SMILES string of the molecule is CS(=O)(=O)c1cc(C(=O)N2CCCc3ccccc32)ccc1Cl. The Morgan fingerprint density at radius 3 is 2.65 bits per heavy atom. The Balaban J connectivity index is 2.03. The largest absolute Gasteiger partial charge is 0.308 e. The Morgan fingerprint density at radius 1 is 1.17 bits per heavy atom. The molecule has 0 atom stereocenters. The Bertz CT molecular complexity index is 877. The topological polar surface area (TPSA) is 54.5 Å². The quantitative estimate of drug-likeness (QED) is 0.835. The highest BCUT2D eigenvalue weighted by molar-refractivity contribution is 7.90. The van der Waals surface area contributed by atoms with Crippen LogP contribution in [0.25, 0.3) is 0 Å². The number of halogens is 1. The molecule has 0 unspecified atom stereocenters. The number of hydrogen-bond acceptors (Lipinski definition) is 3. The third kappa shape index (κ3) is 3.12. The zero-order chi connectivity index (χ0) is 16.6. The molecule has 0 saturated carbocycles. The van der Waals surface area contributed by atoms with Gasteiger partial charge in [0.1, 0.15) is 0 Å². The van der Waals surface area contributed by atoms with Gasteiger partial charge < -0.3 is 4.90 Å². The standard InChI is InChI=1S/C17H16ClNO3S/c1-23(21,22)16-11-13(8-9-14(16)18)17(20)19-10-4-6-12-5-2-3-7-15(12)19/h2-3,5,7-9,11H,4,6,10H2,1H3. The number of carbonyl (C=O) groups excluding carboxylic acids is 1. The molecule has 0 fully saturated rings. The fourth-order valence-corrected chi connectivity index (χ4v) is 4.12. The van der Waals surface area contributed by atoms with Crippen molar-refractivity contribution >= 4 is 33.0 Å². The first kappa shape index (κ1) is 16.0. The van der Waals surface area contributed by atoms with Crippen LogP contribution in [0.2, 0.25) is 5.02 Å². The molecule has 1 heterocycles. The van der Waals surface area contributed by atoms with Crippen LogP contribution in [0.5, 0.6) is 0 Å². The molecule has 0 saturated heterocycles. The number of carbonyl (C=O) groups is 1. The number of aryl methyl sites for hydroxylation is 1. The number of anilines is 1. The Morgan fingerprint density at radius 2 is 1.91 bits per heavy atom. The second-order valence-electron chi connectivity index (χ2n) is 5.61. The Kier molecular flexibility index (Phi) is 4.17. The lowest BCUT2D eigenvalue weighted by Crippen LogP contribution is -2.35. The van der Waals surface area contributed by atoms with Crippen LogP contribution in [0.4, 0.5) is 5.69 Å². The molecular weight excluding hydrogens is 334 g/mol. The molecule has 2 aromatic carbocycles. The molecule has 3 rings (SSSR count). The van der Waals surface area contributed by atoms with Gasteiger partial charge in [-0.15, -0.1) is 0 Å². The van der Waals surface area contributed by atoms with Crippen molar-refractivity contribution in [3.05, 3.63) is 58.6 Å². The summed E-state index contributed by atoms with van der Waals surface area (Å²) in [6.45, 7) is 0.618. The van der Waals surface area contributed by atoms with Crippen LogP contribution < -0.4 is 4.90 Å². The molecule has 1 amide bonds. The van der Waals surface area contributed by atoms with Crippen LogP contribution in [0.15, 0.2) is 47.4 Å². The second kappa shape index (κ2) is 5.98. The van der Waals surface area contributed by atoms with Crippen LogP contribution in [0.1, 0.15) is 22.3 Å². The van der Waals surface area contributed by atoms with E-state index in [-0.39, 0.29) is 15.8 Å². The number of hydrogen-bond donors (Lipinski definition) is 0. The number of benzene rings is 2. The van der Waals surface area contributed by atoms with E-state index in [0.717, 1.165) is 30.3 Å². The summed E-state index contributed by atoms with van der Waals surface area (Å²) < 4.78 is 23.6.